The van der Waals surface area contributed by atoms with Gasteiger partial charge in [0.05, 0.1) is 13.0 Å². The van der Waals surface area contributed by atoms with Crippen molar-refractivity contribution in [2.45, 2.75) is 39.5 Å². The summed E-state index contributed by atoms with van der Waals surface area (Å²) >= 11 is 0. The van der Waals surface area contributed by atoms with Crippen LogP contribution in [0.4, 0.5) is 0 Å². The molecule has 1 N–H and O–H groups in total. The van der Waals surface area contributed by atoms with Gasteiger partial charge in [0.2, 0.25) is 0 Å². The Hall–Kier alpha value is -3.15. The van der Waals surface area contributed by atoms with Crippen LogP contribution in [-0.2, 0) is 19.7 Å². The van der Waals surface area contributed by atoms with Crippen LogP contribution in [0.25, 0.3) is 0 Å². The van der Waals surface area contributed by atoms with Crippen molar-refractivity contribution in [2.24, 2.45) is 5.10 Å². The van der Waals surface area contributed by atoms with E-state index in [2.05, 4.69) is 36.5 Å². The first-order valence-electron chi connectivity index (χ1n) is 9.59. The lowest BCUT2D eigenvalue weighted by atomic mass is 9.78. The first-order chi connectivity index (χ1) is 13.8. The molecule has 1 amide bonds. The minimum atomic E-state index is -0.401. The van der Waals surface area contributed by atoms with Crippen LogP contribution < -0.4 is 10.2 Å². The molecule has 0 saturated heterocycles. The molecule has 0 aliphatic carbocycles. The van der Waals surface area contributed by atoms with Crippen LogP contribution in [0.5, 0.6) is 5.75 Å². The molecule has 2 rings (SSSR count). The van der Waals surface area contributed by atoms with Crippen LogP contribution in [0.2, 0.25) is 0 Å². The lowest BCUT2D eigenvalue weighted by Gasteiger charge is -2.26. The fourth-order valence-electron chi connectivity index (χ4n) is 2.79. The van der Waals surface area contributed by atoms with Crippen LogP contribution in [0.1, 0.15) is 45.2 Å². The Kier molecular flexibility index (Phi) is 7.95. The third-order valence-corrected chi connectivity index (χ3v) is 4.52. The van der Waals surface area contributed by atoms with Crippen molar-refractivity contribution in [3.63, 3.8) is 0 Å². The number of hydrazone groups is 1. The highest BCUT2D eigenvalue weighted by molar-refractivity contribution is 5.98. The molecule has 0 unspecified atom stereocenters. The van der Waals surface area contributed by atoms with E-state index in [1.54, 1.807) is 13.8 Å². The number of benzene rings is 2. The van der Waals surface area contributed by atoms with Gasteiger partial charge >= 0.3 is 5.97 Å². The van der Waals surface area contributed by atoms with Gasteiger partial charge in [-0.25, -0.2) is 5.43 Å². The zero-order valence-electron chi connectivity index (χ0n) is 17.4. The quantitative estimate of drug-likeness (QED) is 0.397. The SMILES string of the molecule is CCOC(=O)C/C(C)=N/NC(=O)COc1ccc(C(C)(C)c2ccccc2)cc1. The third-order valence-electron chi connectivity index (χ3n) is 4.52. The lowest BCUT2D eigenvalue weighted by molar-refractivity contribution is -0.141. The summed E-state index contributed by atoms with van der Waals surface area (Å²) in [6.45, 7) is 7.86. The van der Waals surface area contributed by atoms with Crippen molar-refractivity contribution in [1.82, 2.24) is 5.43 Å². The Morgan fingerprint density at radius 1 is 1.00 bits per heavy atom. The van der Waals surface area contributed by atoms with Crippen LogP contribution >= 0.6 is 0 Å². The predicted octanol–water partition coefficient (Wildman–Crippen LogP) is 3.84. The summed E-state index contributed by atoms with van der Waals surface area (Å²) in [6.07, 6.45) is 0.0354. The van der Waals surface area contributed by atoms with Gasteiger partial charge in [-0.3, -0.25) is 9.59 Å². The molecule has 6 nitrogen and oxygen atoms in total. The topological polar surface area (TPSA) is 77.0 Å². The van der Waals surface area contributed by atoms with E-state index in [9.17, 15) is 9.59 Å². The van der Waals surface area contributed by atoms with E-state index in [4.69, 9.17) is 9.47 Å². The Morgan fingerprint density at radius 3 is 2.24 bits per heavy atom. The van der Waals surface area contributed by atoms with Gasteiger partial charge in [0.1, 0.15) is 5.75 Å². The molecular formula is C23H28N2O4. The van der Waals surface area contributed by atoms with Crippen LogP contribution in [0.15, 0.2) is 59.7 Å². The van der Waals surface area contributed by atoms with Gasteiger partial charge in [-0.15, -0.1) is 0 Å². The molecule has 0 heterocycles. The lowest BCUT2D eigenvalue weighted by Crippen LogP contribution is -2.26. The first-order valence-corrected chi connectivity index (χ1v) is 9.59. The van der Waals surface area contributed by atoms with Crippen molar-refractivity contribution < 1.29 is 19.1 Å². The molecule has 154 valence electrons. The van der Waals surface area contributed by atoms with Gasteiger partial charge in [0.15, 0.2) is 6.61 Å². The minimum absolute atomic E-state index is 0.0354. The Bertz CT molecular complexity index is 843. The predicted molar refractivity (Wildman–Crippen MR) is 113 cm³/mol. The van der Waals surface area contributed by atoms with Crippen LogP contribution in [0, 0.1) is 0 Å². The number of amides is 1. The highest BCUT2D eigenvalue weighted by Gasteiger charge is 2.22. The zero-order valence-corrected chi connectivity index (χ0v) is 17.4. The molecular weight excluding hydrogens is 368 g/mol. The standard InChI is InChI=1S/C23H28N2O4/c1-5-28-22(27)15-17(2)24-25-21(26)16-29-20-13-11-19(12-14-20)23(3,4)18-9-7-6-8-10-18/h6-14H,5,15-16H2,1-4H3,(H,25,26)/b24-17+. The molecule has 0 atom stereocenters. The van der Waals surface area contributed by atoms with E-state index in [-0.39, 0.29) is 24.4 Å². The van der Waals surface area contributed by atoms with Crippen LogP contribution in [-0.4, -0.2) is 30.8 Å². The van der Waals surface area contributed by atoms with E-state index >= 15 is 0 Å². The summed E-state index contributed by atoms with van der Waals surface area (Å²) in [5.74, 6) is -0.181. The van der Waals surface area contributed by atoms with Crippen molar-refractivity contribution in [1.29, 1.82) is 0 Å². The second-order valence-electron chi connectivity index (χ2n) is 7.17. The number of hydrogen-bond acceptors (Lipinski definition) is 5. The fraction of sp³-hybridized carbons (Fsp3) is 0.348. The van der Waals surface area contributed by atoms with E-state index in [0.29, 0.717) is 18.1 Å². The van der Waals surface area contributed by atoms with E-state index in [1.165, 1.54) is 5.56 Å². The van der Waals surface area contributed by atoms with Gasteiger partial charge < -0.3 is 9.47 Å². The summed E-state index contributed by atoms with van der Waals surface area (Å²) in [5, 5.41) is 3.87. The number of nitrogens with one attached hydrogen (secondary N) is 1. The van der Waals surface area contributed by atoms with Crippen molar-refractivity contribution in [3.05, 3.63) is 65.7 Å². The normalized spacial score (nSPS) is 11.7. The summed E-state index contributed by atoms with van der Waals surface area (Å²) < 4.78 is 10.3. The molecule has 0 fully saturated rings. The molecule has 0 bridgehead atoms. The average Bonchev–Trinajstić information content (AvgIpc) is 2.72. The van der Waals surface area contributed by atoms with E-state index in [1.807, 2.05) is 42.5 Å². The molecule has 0 spiro atoms. The fourth-order valence-corrected chi connectivity index (χ4v) is 2.79. The third kappa shape index (κ3) is 6.75. The van der Waals surface area contributed by atoms with Crippen molar-refractivity contribution in [3.8, 4) is 5.75 Å². The minimum Gasteiger partial charge on any atom is -0.484 e. The number of nitrogens with zero attached hydrogens (tertiary/aromatic N) is 1. The van der Waals surface area contributed by atoms with Crippen molar-refractivity contribution >= 4 is 17.6 Å². The van der Waals surface area contributed by atoms with Gasteiger partial charge in [-0.05, 0) is 37.1 Å². The van der Waals surface area contributed by atoms with Gasteiger partial charge in [0, 0.05) is 11.1 Å². The summed E-state index contributed by atoms with van der Waals surface area (Å²) in [6, 6.07) is 18.0. The molecule has 0 aromatic heterocycles. The van der Waals surface area contributed by atoms with Gasteiger partial charge in [-0.1, -0.05) is 56.3 Å². The highest BCUT2D eigenvalue weighted by atomic mass is 16.5. The number of carbonyl (C=O) groups is 2. The summed E-state index contributed by atoms with van der Waals surface area (Å²) in [4.78, 5) is 23.2. The number of rotatable bonds is 9. The largest absolute Gasteiger partial charge is 0.484 e. The maximum atomic E-state index is 11.9. The smallest absolute Gasteiger partial charge is 0.311 e. The number of carbonyl (C=O) groups excluding carboxylic acids is 2. The maximum Gasteiger partial charge on any atom is 0.311 e. The average molecular weight is 396 g/mol. The van der Waals surface area contributed by atoms with Crippen LogP contribution in [0.3, 0.4) is 0 Å². The Labute approximate surface area is 171 Å². The molecule has 0 saturated carbocycles. The van der Waals surface area contributed by atoms with E-state index in [0.717, 1.165) is 5.56 Å². The maximum absolute atomic E-state index is 11.9. The summed E-state index contributed by atoms with van der Waals surface area (Å²) in [5.41, 5.74) is 5.08. The molecule has 0 aliphatic heterocycles. The van der Waals surface area contributed by atoms with Gasteiger partial charge in [0.25, 0.3) is 5.91 Å². The molecule has 0 radical (unpaired) electrons. The van der Waals surface area contributed by atoms with Gasteiger partial charge in [-0.2, -0.15) is 5.10 Å². The summed E-state index contributed by atoms with van der Waals surface area (Å²) in [7, 11) is 0. The number of ether oxygens (including phenoxy) is 2. The Balaban J connectivity index is 1.87. The Morgan fingerprint density at radius 2 is 1.62 bits per heavy atom. The number of hydrogen-bond donors (Lipinski definition) is 1. The molecule has 29 heavy (non-hydrogen) atoms. The molecule has 2 aromatic carbocycles. The highest BCUT2D eigenvalue weighted by Crippen LogP contribution is 2.32. The molecule has 2 aromatic rings. The molecule has 6 heteroatoms. The monoisotopic (exact) mass is 396 g/mol. The molecule has 0 aliphatic rings. The first kappa shape index (κ1) is 22.1. The van der Waals surface area contributed by atoms with E-state index < -0.39 is 5.91 Å². The second-order valence-corrected chi connectivity index (χ2v) is 7.17. The number of esters is 1. The zero-order chi connectivity index (χ0) is 21.3. The second kappa shape index (κ2) is 10.4. The van der Waals surface area contributed by atoms with Crippen molar-refractivity contribution in [2.75, 3.05) is 13.2 Å².